The van der Waals surface area contributed by atoms with E-state index >= 15 is 0 Å². The molecular weight excluding hydrogens is 220 g/mol. The van der Waals surface area contributed by atoms with Crippen molar-refractivity contribution >= 4 is 5.57 Å². The lowest BCUT2D eigenvalue weighted by molar-refractivity contribution is 0.500. The molecule has 1 atom stereocenters. The van der Waals surface area contributed by atoms with E-state index in [-0.39, 0.29) is 6.04 Å². The van der Waals surface area contributed by atoms with Gasteiger partial charge in [-0.2, -0.15) is 0 Å². The van der Waals surface area contributed by atoms with Gasteiger partial charge in [0, 0.05) is 11.6 Å². The lowest BCUT2D eigenvalue weighted by Crippen LogP contribution is -2.15. The molecule has 0 radical (unpaired) electrons. The first kappa shape index (κ1) is 12.2. The molecule has 2 N–H and O–H groups in total. The molecule has 3 heteroatoms. The van der Waals surface area contributed by atoms with Gasteiger partial charge in [-0.1, -0.05) is 24.6 Å². The van der Waals surface area contributed by atoms with Crippen LogP contribution in [-0.4, -0.2) is 6.04 Å². The first-order chi connectivity index (χ1) is 8.09. The lowest BCUT2D eigenvalue weighted by atomic mass is 9.99. The maximum atomic E-state index is 13.9. The Bertz CT molecular complexity index is 452. The smallest absolute Gasteiger partial charge is 0.166 e. The highest BCUT2D eigenvalue weighted by atomic mass is 19.2. The Hall–Kier alpha value is -1.22. The van der Waals surface area contributed by atoms with Gasteiger partial charge in [-0.25, -0.2) is 8.78 Å². The van der Waals surface area contributed by atoms with E-state index in [1.807, 2.05) is 6.08 Å². The molecule has 1 unspecified atom stereocenters. The summed E-state index contributed by atoms with van der Waals surface area (Å²) < 4.78 is 27.4. The van der Waals surface area contributed by atoms with Gasteiger partial charge in [0.2, 0.25) is 0 Å². The minimum Gasteiger partial charge on any atom is -0.324 e. The Kier molecular flexibility index (Phi) is 3.57. The van der Waals surface area contributed by atoms with Gasteiger partial charge >= 0.3 is 0 Å². The summed E-state index contributed by atoms with van der Waals surface area (Å²) in [6, 6.07) is 3.22. The van der Waals surface area contributed by atoms with Gasteiger partial charge in [0.15, 0.2) is 11.6 Å². The molecule has 92 valence electrons. The van der Waals surface area contributed by atoms with Crippen LogP contribution >= 0.6 is 0 Å². The van der Waals surface area contributed by atoms with Crippen molar-refractivity contribution in [1.82, 2.24) is 0 Å². The highest BCUT2D eigenvalue weighted by Gasteiger charge is 2.16. The lowest BCUT2D eigenvalue weighted by Gasteiger charge is -2.10. The summed E-state index contributed by atoms with van der Waals surface area (Å²) in [5.74, 6) is -1.49. The number of allylic oxidation sites excluding steroid dienone is 1. The van der Waals surface area contributed by atoms with Crippen molar-refractivity contribution in [2.24, 2.45) is 5.73 Å². The van der Waals surface area contributed by atoms with Crippen molar-refractivity contribution in [1.29, 1.82) is 0 Å². The van der Waals surface area contributed by atoms with Crippen LogP contribution in [0.3, 0.4) is 0 Å². The first-order valence-corrected chi connectivity index (χ1v) is 6.01. The zero-order chi connectivity index (χ0) is 12.4. The van der Waals surface area contributed by atoms with Gasteiger partial charge < -0.3 is 5.73 Å². The average molecular weight is 237 g/mol. The maximum absolute atomic E-state index is 13.9. The molecule has 1 nitrogen and oxygen atoms in total. The van der Waals surface area contributed by atoms with Crippen LogP contribution in [0.2, 0.25) is 0 Å². The number of hydrogen-bond donors (Lipinski definition) is 1. The van der Waals surface area contributed by atoms with Crippen LogP contribution in [0.4, 0.5) is 8.78 Å². The summed E-state index contributed by atoms with van der Waals surface area (Å²) in [7, 11) is 0. The molecule has 1 aromatic carbocycles. The van der Waals surface area contributed by atoms with Gasteiger partial charge in [-0.15, -0.1) is 0 Å². The van der Waals surface area contributed by atoms with Gasteiger partial charge in [-0.05, 0) is 37.3 Å². The molecule has 1 aromatic rings. The molecule has 0 aliphatic heterocycles. The number of rotatable bonds is 1. The first-order valence-electron chi connectivity index (χ1n) is 6.01. The van der Waals surface area contributed by atoms with Crippen LogP contribution in [0.1, 0.15) is 36.8 Å². The highest BCUT2D eigenvalue weighted by Crippen LogP contribution is 2.29. The van der Waals surface area contributed by atoms with Crippen molar-refractivity contribution in [2.45, 2.75) is 38.6 Å². The van der Waals surface area contributed by atoms with E-state index in [0.29, 0.717) is 11.1 Å². The SMILES string of the molecule is Cc1ccc(C2=CC(N)CCCC2)c(F)c1F. The summed E-state index contributed by atoms with van der Waals surface area (Å²) in [6.07, 6.45) is 5.58. The molecule has 2 rings (SSSR count). The van der Waals surface area contributed by atoms with E-state index in [9.17, 15) is 8.78 Å². The second kappa shape index (κ2) is 4.96. The average Bonchev–Trinajstić information content (AvgIpc) is 2.51. The van der Waals surface area contributed by atoms with Crippen molar-refractivity contribution < 1.29 is 8.78 Å². The third-order valence-corrected chi connectivity index (χ3v) is 3.27. The fourth-order valence-corrected chi connectivity index (χ4v) is 2.24. The Morgan fingerprint density at radius 3 is 2.71 bits per heavy atom. The van der Waals surface area contributed by atoms with Crippen molar-refractivity contribution in [3.63, 3.8) is 0 Å². The van der Waals surface area contributed by atoms with E-state index < -0.39 is 11.6 Å². The fourth-order valence-electron chi connectivity index (χ4n) is 2.24. The molecule has 0 saturated heterocycles. The Balaban J connectivity index is 2.42. The largest absolute Gasteiger partial charge is 0.324 e. The molecule has 0 heterocycles. The number of halogens is 2. The zero-order valence-corrected chi connectivity index (χ0v) is 9.97. The van der Waals surface area contributed by atoms with Gasteiger partial charge in [0.1, 0.15) is 0 Å². The van der Waals surface area contributed by atoms with Gasteiger partial charge in [-0.3, -0.25) is 0 Å². The summed E-state index contributed by atoms with van der Waals surface area (Å²) in [5, 5.41) is 0. The molecule has 0 spiro atoms. The molecule has 1 aliphatic rings. The van der Waals surface area contributed by atoms with Crippen molar-refractivity contribution in [3.8, 4) is 0 Å². The van der Waals surface area contributed by atoms with Gasteiger partial charge in [0.05, 0.1) is 0 Å². The summed E-state index contributed by atoms with van der Waals surface area (Å²) in [4.78, 5) is 0. The maximum Gasteiger partial charge on any atom is 0.166 e. The van der Waals surface area contributed by atoms with E-state index in [2.05, 4.69) is 0 Å². The van der Waals surface area contributed by atoms with Gasteiger partial charge in [0.25, 0.3) is 0 Å². The normalized spacial score (nSPS) is 20.9. The predicted octanol–water partition coefficient (Wildman–Crippen LogP) is 3.56. The second-order valence-corrected chi connectivity index (χ2v) is 4.66. The topological polar surface area (TPSA) is 26.0 Å². The number of hydrogen-bond acceptors (Lipinski definition) is 1. The van der Waals surface area contributed by atoms with Crippen LogP contribution in [0.15, 0.2) is 18.2 Å². The summed E-state index contributed by atoms with van der Waals surface area (Å²) >= 11 is 0. The minimum absolute atomic E-state index is 0.0451. The fraction of sp³-hybridized carbons (Fsp3) is 0.429. The summed E-state index contributed by atoms with van der Waals surface area (Å²) in [5.41, 5.74) is 7.43. The second-order valence-electron chi connectivity index (χ2n) is 4.66. The Morgan fingerprint density at radius 2 is 1.94 bits per heavy atom. The third kappa shape index (κ3) is 2.55. The highest BCUT2D eigenvalue weighted by molar-refractivity contribution is 5.67. The predicted molar refractivity (Wildman–Crippen MR) is 65.5 cm³/mol. The molecule has 17 heavy (non-hydrogen) atoms. The van der Waals surface area contributed by atoms with Crippen LogP contribution in [0.5, 0.6) is 0 Å². The van der Waals surface area contributed by atoms with Crippen LogP contribution < -0.4 is 5.73 Å². The van der Waals surface area contributed by atoms with E-state index in [1.165, 1.54) is 0 Å². The number of nitrogens with two attached hydrogens (primary N) is 1. The van der Waals surface area contributed by atoms with Crippen LogP contribution in [0, 0.1) is 18.6 Å². The van der Waals surface area contributed by atoms with E-state index in [4.69, 9.17) is 5.73 Å². The quantitative estimate of drug-likeness (QED) is 0.794. The zero-order valence-electron chi connectivity index (χ0n) is 9.97. The Morgan fingerprint density at radius 1 is 1.18 bits per heavy atom. The third-order valence-electron chi connectivity index (χ3n) is 3.27. The van der Waals surface area contributed by atoms with Crippen LogP contribution in [0.25, 0.3) is 5.57 Å². The van der Waals surface area contributed by atoms with E-state index in [1.54, 1.807) is 19.1 Å². The molecule has 0 amide bonds. The number of benzene rings is 1. The summed E-state index contributed by atoms with van der Waals surface area (Å²) in [6.45, 7) is 1.56. The Labute approximate surface area is 100 Å². The standard InChI is InChI=1S/C14H17F2N/c1-9-6-7-12(14(16)13(9)15)10-4-2-3-5-11(17)8-10/h6-8,11H,2-5,17H2,1H3. The minimum atomic E-state index is -0.749. The monoisotopic (exact) mass is 237 g/mol. The number of aryl methyl sites for hydroxylation is 1. The van der Waals surface area contributed by atoms with Crippen molar-refractivity contribution in [2.75, 3.05) is 0 Å². The van der Waals surface area contributed by atoms with Crippen molar-refractivity contribution in [3.05, 3.63) is 41.0 Å². The molecular formula is C14H17F2N. The molecule has 0 bridgehead atoms. The molecule has 0 saturated carbocycles. The molecule has 1 aliphatic carbocycles. The molecule has 0 fully saturated rings. The van der Waals surface area contributed by atoms with E-state index in [0.717, 1.165) is 31.3 Å². The molecule has 0 aromatic heterocycles. The van der Waals surface area contributed by atoms with Crippen LogP contribution in [-0.2, 0) is 0 Å².